The third kappa shape index (κ3) is 2.15. The molecule has 1 aliphatic heterocycles. The standard InChI is InChI=1S/C11H15NO3Si/c13-12(14)10-5-3-9(4-6-10)11(16)7-1-2-8-15-11/h3-6H,1-2,7-8H2,16H3. The number of benzene rings is 1. The normalized spacial score (nSPS) is 25.5. The van der Waals surface area contributed by atoms with Gasteiger partial charge in [0.05, 0.1) is 10.1 Å². The Morgan fingerprint density at radius 2 is 2.00 bits per heavy atom. The van der Waals surface area contributed by atoms with Crippen molar-refractivity contribution < 1.29 is 9.66 Å². The zero-order valence-electron chi connectivity index (χ0n) is 9.31. The van der Waals surface area contributed by atoms with E-state index < -0.39 is 0 Å². The van der Waals surface area contributed by atoms with E-state index >= 15 is 0 Å². The van der Waals surface area contributed by atoms with Crippen LogP contribution in [-0.2, 0) is 9.96 Å². The molecule has 5 heteroatoms. The lowest BCUT2D eigenvalue weighted by Crippen LogP contribution is -2.33. The molecular formula is C11H15NO3Si. The highest BCUT2D eigenvalue weighted by molar-refractivity contribution is 6.14. The molecule has 0 aliphatic carbocycles. The number of ether oxygens (including phenoxy) is 1. The molecule has 2 rings (SSSR count). The van der Waals surface area contributed by atoms with E-state index in [1.54, 1.807) is 12.1 Å². The number of rotatable bonds is 2. The number of hydrogen-bond donors (Lipinski definition) is 0. The second-order valence-electron chi connectivity index (χ2n) is 4.34. The third-order valence-corrected chi connectivity index (χ3v) is 4.52. The van der Waals surface area contributed by atoms with Gasteiger partial charge in [0.25, 0.3) is 5.69 Å². The fourth-order valence-corrected chi connectivity index (χ4v) is 2.99. The van der Waals surface area contributed by atoms with Crippen LogP contribution >= 0.6 is 0 Å². The summed E-state index contributed by atoms with van der Waals surface area (Å²) in [5.41, 5.74) is 1.23. The van der Waals surface area contributed by atoms with E-state index in [1.807, 2.05) is 12.1 Å². The van der Waals surface area contributed by atoms with Gasteiger partial charge in [-0.15, -0.1) is 0 Å². The van der Waals surface area contributed by atoms with Crippen LogP contribution in [0.1, 0.15) is 24.8 Å². The van der Waals surface area contributed by atoms with Gasteiger partial charge in [0.15, 0.2) is 0 Å². The molecule has 86 valence electrons. The quantitative estimate of drug-likeness (QED) is 0.443. The molecule has 1 saturated heterocycles. The fourth-order valence-electron chi connectivity index (χ4n) is 2.10. The van der Waals surface area contributed by atoms with Crippen LogP contribution in [0, 0.1) is 10.1 Å². The molecule has 1 heterocycles. The summed E-state index contributed by atoms with van der Waals surface area (Å²) in [6.07, 6.45) is 3.34. The summed E-state index contributed by atoms with van der Waals surface area (Å²) in [4.78, 5) is 10.2. The van der Waals surface area contributed by atoms with E-state index in [4.69, 9.17) is 4.74 Å². The van der Waals surface area contributed by atoms with Gasteiger partial charge in [-0.2, -0.15) is 0 Å². The number of hydrogen-bond acceptors (Lipinski definition) is 3. The Morgan fingerprint density at radius 1 is 1.31 bits per heavy atom. The van der Waals surface area contributed by atoms with E-state index in [2.05, 4.69) is 0 Å². The van der Waals surface area contributed by atoms with Crippen LogP contribution in [0.4, 0.5) is 5.69 Å². The van der Waals surface area contributed by atoms with Gasteiger partial charge in [0, 0.05) is 29.0 Å². The molecule has 1 atom stereocenters. The summed E-state index contributed by atoms with van der Waals surface area (Å²) in [6.45, 7) is 0.806. The molecule has 1 aromatic carbocycles. The summed E-state index contributed by atoms with van der Waals surface area (Å²) in [5.74, 6) is 0. The van der Waals surface area contributed by atoms with Crippen molar-refractivity contribution in [2.75, 3.05) is 6.61 Å². The molecule has 1 unspecified atom stereocenters. The Labute approximate surface area is 97.2 Å². The smallest absolute Gasteiger partial charge is 0.269 e. The Bertz CT molecular complexity index is 385. The maximum absolute atomic E-state index is 10.6. The van der Waals surface area contributed by atoms with Crippen molar-refractivity contribution in [2.24, 2.45) is 0 Å². The number of non-ortho nitro benzene ring substituents is 1. The van der Waals surface area contributed by atoms with Crippen LogP contribution in [0.15, 0.2) is 24.3 Å². The first kappa shape index (κ1) is 11.3. The summed E-state index contributed by atoms with van der Waals surface area (Å²) in [7, 11) is 0.920. The monoisotopic (exact) mass is 237 g/mol. The highest BCUT2D eigenvalue weighted by Gasteiger charge is 2.29. The van der Waals surface area contributed by atoms with Crippen LogP contribution < -0.4 is 0 Å². The molecule has 16 heavy (non-hydrogen) atoms. The molecule has 4 nitrogen and oxygen atoms in total. The van der Waals surface area contributed by atoms with E-state index in [0.29, 0.717) is 0 Å². The van der Waals surface area contributed by atoms with Crippen LogP contribution in [0.5, 0.6) is 0 Å². The minimum Gasteiger partial charge on any atom is -0.375 e. The lowest BCUT2D eigenvalue weighted by molar-refractivity contribution is -0.384. The Balaban J connectivity index is 2.23. The predicted molar refractivity (Wildman–Crippen MR) is 64.5 cm³/mol. The first-order valence-electron chi connectivity index (χ1n) is 5.51. The molecular weight excluding hydrogens is 222 g/mol. The zero-order chi connectivity index (χ0) is 11.6. The molecule has 1 aliphatic rings. The molecule has 1 fully saturated rings. The average Bonchev–Trinajstić information content (AvgIpc) is 2.30. The van der Waals surface area contributed by atoms with Gasteiger partial charge in [0.2, 0.25) is 0 Å². The topological polar surface area (TPSA) is 52.4 Å². The van der Waals surface area contributed by atoms with Crippen molar-refractivity contribution >= 4 is 15.9 Å². The van der Waals surface area contributed by atoms with E-state index in [9.17, 15) is 10.1 Å². The molecule has 0 aromatic heterocycles. The average molecular weight is 237 g/mol. The maximum Gasteiger partial charge on any atom is 0.269 e. The minimum absolute atomic E-state index is 0.132. The van der Waals surface area contributed by atoms with Crippen molar-refractivity contribution in [3.63, 3.8) is 0 Å². The third-order valence-electron chi connectivity index (χ3n) is 3.16. The maximum atomic E-state index is 10.6. The van der Waals surface area contributed by atoms with Crippen molar-refractivity contribution in [1.82, 2.24) is 0 Å². The van der Waals surface area contributed by atoms with Gasteiger partial charge in [0.1, 0.15) is 0 Å². The highest BCUT2D eigenvalue weighted by Crippen LogP contribution is 2.32. The molecule has 0 bridgehead atoms. The van der Waals surface area contributed by atoms with Crippen molar-refractivity contribution in [1.29, 1.82) is 0 Å². The van der Waals surface area contributed by atoms with Crippen molar-refractivity contribution in [3.05, 3.63) is 39.9 Å². The summed E-state index contributed by atoms with van der Waals surface area (Å²) < 4.78 is 5.84. The molecule has 0 spiro atoms. The highest BCUT2D eigenvalue weighted by atomic mass is 28.1. The number of nitrogens with zero attached hydrogens (tertiary/aromatic N) is 1. The van der Waals surface area contributed by atoms with Gasteiger partial charge >= 0.3 is 0 Å². The fraction of sp³-hybridized carbons (Fsp3) is 0.455. The summed E-state index contributed by atoms with van der Waals surface area (Å²) in [5, 5.41) is 10.4. The van der Waals surface area contributed by atoms with Crippen LogP contribution in [0.25, 0.3) is 0 Å². The van der Waals surface area contributed by atoms with Gasteiger partial charge in [-0.05, 0) is 37.0 Å². The lowest BCUT2D eigenvalue weighted by atomic mass is 10.00. The lowest BCUT2D eigenvalue weighted by Gasteiger charge is -2.34. The molecule has 0 amide bonds. The first-order chi connectivity index (χ1) is 7.62. The molecule has 0 radical (unpaired) electrons. The largest absolute Gasteiger partial charge is 0.375 e. The van der Waals surface area contributed by atoms with Gasteiger partial charge in [-0.25, -0.2) is 0 Å². The summed E-state index contributed by atoms with van der Waals surface area (Å²) in [6, 6.07) is 6.78. The molecule has 0 N–H and O–H groups in total. The Morgan fingerprint density at radius 3 is 2.50 bits per heavy atom. The van der Waals surface area contributed by atoms with Gasteiger partial charge in [-0.1, -0.05) is 0 Å². The van der Waals surface area contributed by atoms with Crippen LogP contribution in [0.3, 0.4) is 0 Å². The SMILES string of the molecule is O=[N+]([O-])c1ccc(C2([SiH3])CCCCO2)cc1. The number of nitro benzene ring substituents is 1. The predicted octanol–water partition coefficient (Wildman–Crippen LogP) is 1.31. The summed E-state index contributed by atoms with van der Waals surface area (Å²) >= 11 is 0. The Kier molecular flexibility index (Phi) is 3.07. The second kappa shape index (κ2) is 4.35. The second-order valence-corrected chi connectivity index (χ2v) is 5.96. The van der Waals surface area contributed by atoms with E-state index in [1.165, 1.54) is 6.42 Å². The minimum atomic E-state index is -0.370. The number of nitro groups is 1. The van der Waals surface area contributed by atoms with Gasteiger partial charge < -0.3 is 4.74 Å². The molecule has 0 saturated carbocycles. The van der Waals surface area contributed by atoms with Crippen molar-refractivity contribution in [3.8, 4) is 0 Å². The zero-order valence-corrected chi connectivity index (χ0v) is 11.3. The van der Waals surface area contributed by atoms with E-state index in [0.717, 1.165) is 35.3 Å². The van der Waals surface area contributed by atoms with Crippen molar-refractivity contribution in [2.45, 2.75) is 24.5 Å². The van der Waals surface area contributed by atoms with E-state index in [-0.39, 0.29) is 15.8 Å². The van der Waals surface area contributed by atoms with Gasteiger partial charge in [-0.3, -0.25) is 10.1 Å². The van der Waals surface area contributed by atoms with Crippen LogP contribution in [-0.4, -0.2) is 21.8 Å². The first-order valence-corrected chi connectivity index (χ1v) is 6.51. The molecule has 1 aromatic rings. The van der Waals surface area contributed by atoms with Crippen LogP contribution in [0.2, 0.25) is 0 Å². The Hall–Kier alpha value is -1.20.